The molecule has 0 aliphatic rings. The molecular weight excluding hydrogens is 280 g/mol. The SMILES string of the molecule is COc1ccccc1NC(=O)CN(C(C)=O)c1ccccc1. The number of benzene rings is 2. The highest BCUT2D eigenvalue weighted by atomic mass is 16.5. The smallest absolute Gasteiger partial charge is 0.244 e. The van der Waals surface area contributed by atoms with Gasteiger partial charge in [0.1, 0.15) is 12.3 Å². The van der Waals surface area contributed by atoms with Gasteiger partial charge in [0.05, 0.1) is 12.8 Å². The summed E-state index contributed by atoms with van der Waals surface area (Å²) in [6.07, 6.45) is 0. The maximum absolute atomic E-state index is 12.2. The lowest BCUT2D eigenvalue weighted by molar-refractivity contribution is -0.120. The van der Waals surface area contributed by atoms with Crippen molar-refractivity contribution in [1.82, 2.24) is 0 Å². The molecule has 2 aromatic rings. The van der Waals surface area contributed by atoms with Crippen LogP contribution in [-0.4, -0.2) is 25.5 Å². The van der Waals surface area contributed by atoms with Crippen molar-refractivity contribution in [3.63, 3.8) is 0 Å². The number of carbonyl (C=O) groups excluding carboxylic acids is 2. The van der Waals surface area contributed by atoms with Crippen molar-refractivity contribution in [2.45, 2.75) is 6.92 Å². The van der Waals surface area contributed by atoms with Crippen LogP contribution in [0, 0.1) is 0 Å². The summed E-state index contributed by atoms with van der Waals surface area (Å²) < 4.78 is 5.19. The maximum atomic E-state index is 12.2. The van der Waals surface area contributed by atoms with Gasteiger partial charge in [-0.15, -0.1) is 0 Å². The number of methoxy groups -OCH3 is 1. The van der Waals surface area contributed by atoms with Crippen molar-refractivity contribution in [3.05, 3.63) is 54.6 Å². The van der Waals surface area contributed by atoms with Gasteiger partial charge in [-0.1, -0.05) is 30.3 Å². The Labute approximate surface area is 129 Å². The Morgan fingerprint density at radius 2 is 1.68 bits per heavy atom. The first-order valence-electron chi connectivity index (χ1n) is 6.88. The summed E-state index contributed by atoms with van der Waals surface area (Å²) in [6.45, 7) is 1.38. The number of nitrogens with zero attached hydrogens (tertiary/aromatic N) is 1. The third-order valence-corrected chi connectivity index (χ3v) is 3.13. The second-order valence-electron chi connectivity index (χ2n) is 4.69. The number of rotatable bonds is 5. The summed E-state index contributed by atoms with van der Waals surface area (Å²) in [6, 6.07) is 16.2. The largest absolute Gasteiger partial charge is 0.495 e. The predicted molar refractivity (Wildman–Crippen MR) is 86.1 cm³/mol. The van der Waals surface area contributed by atoms with Crippen molar-refractivity contribution >= 4 is 23.2 Å². The molecule has 2 rings (SSSR count). The Hall–Kier alpha value is -2.82. The highest BCUT2D eigenvalue weighted by Gasteiger charge is 2.16. The fraction of sp³-hybridized carbons (Fsp3) is 0.176. The van der Waals surface area contributed by atoms with Crippen molar-refractivity contribution in [1.29, 1.82) is 0 Å². The minimum atomic E-state index is -0.288. The van der Waals surface area contributed by atoms with Crippen molar-refractivity contribution in [2.24, 2.45) is 0 Å². The molecule has 1 N–H and O–H groups in total. The standard InChI is InChI=1S/C17H18N2O3/c1-13(20)19(14-8-4-3-5-9-14)12-17(21)18-15-10-6-7-11-16(15)22-2/h3-11H,12H2,1-2H3,(H,18,21). The summed E-state index contributed by atoms with van der Waals surface area (Å²) in [4.78, 5) is 25.4. The lowest BCUT2D eigenvalue weighted by Crippen LogP contribution is -2.36. The zero-order valence-corrected chi connectivity index (χ0v) is 12.6. The molecular formula is C17H18N2O3. The van der Waals surface area contributed by atoms with Gasteiger partial charge < -0.3 is 15.0 Å². The monoisotopic (exact) mass is 298 g/mol. The van der Waals surface area contributed by atoms with Crippen molar-refractivity contribution in [2.75, 3.05) is 23.9 Å². The molecule has 0 heterocycles. The van der Waals surface area contributed by atoms with Gasteiger partial charge in [-0.05, 0) is 24.3 Å². The topological polar surface area (TPSA) is 58.6 Å². The zero-order valence-electron chi connectivity index (χ0n) is 12.6. The van der Waals surface area contributed by atoms with Gasteiger partial charge in [0.2, 0.25) is 11.8 Å². The van der Waals surface area contributed by atoms with Gasteiger partial charge in [-0.25, -0.2) is 0 Å². The van der Waals surface area contributed by atoms with Crippen LogP contribution in [-0.2, 0) is 9.59 Å². The fourth-order valence-corrected chi connectivity index (χ4v) is 2.07. The van der Waals surface area contributed by atoms with Crippen LogP contribution in [0.15, 0.2) is 54.6 Å². The Balaban J connectivity index is 2.11. The van der Waals surface area contributed by atoms with Crippen LogP contribution in [0.25, 0.3) is 0 Å². The molecule has 0 aliphatic carbocycles. The van der Waals surface area contributed by atoms with Gasteiger partial charge in [-0.3, -0.25) is 9.59 Å². The van der Waals surface area contributed by atoms with E-state index in [1.54, 1.807) is 30.3 Å². The molecule has 0 aromatic heterocycles. The van der Waals surface area contributed by atoms with E-state index in [-0.39, 0.29) is 18.4 Å². The van der Waals surface area contributed by atoms with E-state index >= 15 is 0 Å². The molecule has 5 nitrogen and oxygen atoms in total. The first-order chi connectivity index (χ1) is 10.6. The molecule has 2 aromatic carbocycles. The normalized spacial score (nSPS) is 9.91. The Morgan fingerprint density at radius 3 is 2.32 bits per heavy atom. The summed E-state index contributed by atoms with van der Waals surface area (Å²) in [5.41, 5.74) is 1.26. The molecule has 0 radical (unpaired) electrons. The van der Waals surface area contributed by atoms with Gasteiger partial charge in [0, 0.05) is 12.6 Å². The summed E-state index contributed by atoms with van der Waals surface area (Å²) in [5, 5.41) is 2.76. The Kier molecular flexibility index (Phi) is 5.14. The van der Waals surface area contributed by atoms with Gasteiger partial charge in [0.25, 0.3) is 0 Å². The molecule has 0 bridgehead atoms. The molecule has 0 spiro atoms. The number of amides is 2. The Bertz CT molecular complexity index is 656. The van der Waals surface area contributed by atoms with Crippen LogP contribution in [0.1, 0.15) is 6.92 Å². The quantitative estimate of drug-likeness (QED) is 0.923. The van der Waals surface area contributed by atoms with Crippen LogP contribution in [0.5, 0.6) is 5.75 Å². The molecule has 0 atom stereocenters. The van der Waals surface area contributed by atoms with Gasteiger partial charge >= 0.3 is 0 Å². The molecule has 0 saturated heterocycles. The molecule has 22 heavy (non-hydrogen) atoms. The Morgan fingerprint density at radius 1 is 1.05 bits per heavy atom. The molecule has 0 fully saturated rings. The van der Waals surface area contributed by atoms with Crippen LogP contribution in [0.4, 0.5) is 11.4 Å². The van der Waals surface area contributed by atoms with E-state index in [0.29, 0.717) is 17.1 Å². The van der Waals surface area contributed by atoms with Gasteiger partial charge in [0.15, 0.2) is 0 Å². The summed E-state index contributed by atoms with van der Waals surface area (Å²) in [7, 11) is 1.54. The third kappa shape index (κ3) is 3.85. The first-order valence-corrected chi connectivity index (χ1v) is 6.88. The minimum absolute atomic E-state index is 0.0581. The summed E-state index contributed by atoms with van der Waals surface area (Å²) >= 11 is 0. The molecule has 114 valence electrons. The molecule has 0 unspecified atom stereocenters. The number of hydrogen-bond acceptors (Lipinski definition) is 3. The number of hydrogen-bond donors (Lipinski definition) is 1. The van der Waals surface area contributed by atoms with Crippen LogP contribution >= 0.6 is 0 Å². The number of para-hydroxylation sites is 3. The predicted octanol–water partition coefficient (Wildman–Crippen LogP) is 2.69. The first kappa shape index (κ1) is 15.6. The highest BCUT2D eigenvalue weighted by Crippen LogP contribution is 2.23. The van der Waals surface area contributed by atoms with E-state index in [2.05, 4.69) is 5.32 Å². The second-order valence-corrected chi connectivity index (χ2v) is 4.69. The zero-order chi connectivity index (χ0) is 15.9. The number of carbonyl (C=O) groups is 2. The fourth-order valence-electron chi connectivity index (χ4n) is 2.07. The van der Waals surface area contributed by atoms with E-state index in [4.69, 9.17) is 4.74 Å². The van der Waals surface area contributed by atoms with Crippen LogP contribution < -0.4 is 15.0 Å². The lowest BCUT2D eigenvalue weighted by Gasteiger charge is -2.21. The third-order valence-electron chi connectivity index (χ3n) is 3.13. The number of nitrogens with one attached hydrogen (secondary N) is 1. The van der Waals surface area contributed by atoms with Crippen molar-refractivity contribution < 1.29 is 14.3 Å². The van der Waals surface area contributed by atoms with Crippen LogP contribution in [0.3, 0.4) is 0 Å². The lowest BCUT2D eigenvalue weighted by atomic mass is 10.2. The van der Waals surface area contributed by atoms with E-state index in [9.17, 15) is 9.59 Å². The summed E-state index contributed by atoms with van der Waals surface area (Å²) in [5.74, 6) is 0.0925. The molecule has 0 aliphatic heterocycles. The van der Waals surface area contributed by atoms with E-state index in [1.807, 2.05) is 24.3 Å². The second kappa shape index (κ2) is 7.26. The van der Waals surface area contributed by atoms with E-state index < -0.39 is 0 Å². The molecule has 2 amide bonds. The van der Waals surface area contributed by atoms with Crippen LogP contribution in [0.2, 0.25) is 0 Å². The number of anilines is 2. The van der Waals surface area contributed by atoms with Crippen molar-refractivity contribution in [3.8, 4) is 5.75 Å². The minimum Gasteiger partial charge on any atom is -0.495 e. The molecule has 0 saturated carbocycles. The highest BCUT2D eigenvalue weighted by molar-refractivity contribution is 6.02. The molecule has 5 heteroatoms. The number of ether oxygens (including phenoxy) is 1. The van der Waals surface area contributed by atoms with E-state index in [0.717, 1.165) is 0 Å². The maximum Gasteiger partial charge on any atom is 0.244 e. The van der Waals surface area contributed by atoms with Gasteiger partial charge in [-0.2, -0.15) is 0 Å². The van der Waals surface area contributed by atoms with E-state index in [1.165, 1.54) is 18.9 Å². The average molecular weight is 298 g/mol. The average Bonchev–Trinajstić information content (AvgIpc) is 2.53.